The van der Waals surface area contributed by atoms with E-state index in [9.17, 15) is 15.0 Å². The largest absolute Gasteiger partial charge is 0.458 e. The standard InChI is InChI=1S/C40H52O7Si/c1-8-18-32(41)35-36(42)39(6,7)40(47-35)27-34(45-37(43)29-19-12-9-13-20-29)28(2)33(46-40)25-26-44-48(38(3,4)5,30-21-14-10-15-22-30)31-23-16-11-17-24-31/h8-17,19-24,28,32-36,41-42H,1,18,25-27H2,2-7H3/t28-,32+,33+,34-,35-,36+,40-/m1/s1. The van der Waals surface area contributed by atoms with Crippen molar-refractivity contribution in [3.8, 4) is 0 Å². The first-order valence-corrected chi connectivity index (χ1v) is 19.0. The molecule has 0 aliphatic carbocycles. The van der Waals surface area contributed by atoms with Crippen LogP contribution < -0.4 is 10.4 Å². The first-order chi connectivity index (χ1) is 22.8. The van der Waals surface area contributed by atoms with E-state index in [1.165, 1.54) is 10.4 Å². The van der Waals surface area contributed by atoms with Crippen molar-refractivity contribution >= 4 is 24.7 Å². The van der Waals surface area contributed by atoms with Crippen molar-refractivity contribution in [2.75, 3.05) is 6.61 Å². The molecule has 1 spiro atoms. The molecule has 2 aliphatic rings. The molecule has 5 rings (SSSR count). The highest BCUT2D eigenvalue weighted by atomic mass is 28.4. The zero-order valence-electron chi connectivity index (χ0n) is 29.2. The van der Waals surface area contributed by atoms with Crippen LogP contribution in [0, 0.1) is 11.3 Å². The Morgan fingerprint density at radius 2 is 1.52 bits per heavy atom. The molecular formula is C40H52O7Si. The second-order valence-electron chi connectivity index (χ2n) is 14.9. The van der Waals surface area contributed by atoms with Crippen LogP contribution in [0.3, 0.4) is 0 Å². The summed E-state index contributed by atoms with van der Waals surface area (Å²) in [5.74, 6) is -1.96. The van der Waals surface area contributed by atoms with Gasteiger partial charge < -0.3 is 28.8 Å². The van der Waals surface area contributed by atoms with Crippen LogP contribution >= 0.6 is 0 Å². The minimum Gasteiger partial charge on any atom is -0.458 e. The number of hydrogen-bond donors (Lipinski definition) is 2. The average Bonchev–Trinajstić information content (AvgIpc) is 3.26. The number of carbonyl (C=O) groups excluding carboxylic acids is 1. The number of ether oxygens (including phenoxy) is 3. The summed E-state index contributed by atoms with van der Waals surface area (Å²) >= 11 is 0. The van der Waals surface area contributed by atoms with Gasteiger partial charge in [0.05, 0.1) is 23.9 Å². The van der Waals surface area contributed by atoms with Gasteiger partial charge >= 0.3 is 5.97 Å². The van der Waals surface area contributed by atoms with Crippen molar-refractivity contribution in [2.45, 2.75) is 102 Å². The highest BCUT2D eigenvalue weighted by molar-refractivity contribution is 6.99. The first kappa shape index (κ1) is 36.2. The summed E-state index contributed by atoms with van der Waals surface area (Å²) < 4.78 is 27.0. The van der Waals surface area contributed by atoms with Crippen molar-refractivity contribution in [3.63, 3.8) is 0 Å². The maximum absolute atomic E-state index is 13.4. The summed E-state index contributed by atoms with van der Waals surface area (Å²) in [5.41, 5.74) is -0.475. The summed E-state index contributed by atoms with van der Waals surface area (Å²) in [7, 11) is -2.81. The van der Waals surface area contributed by atoms with Crippen molar-refractivity contribution in [3.05, 3.63) is 109 Å². The molecule has 2 heterocycles. The SMILES string of the molecule is C=CC[C@H](O)[C@H]1O[C@]2(C[C@@H](OC(=O)c3ccccc3)[C@H](C)[C@H](CCO[Si](c3ccccc3)(c3ccccc3)C(C)(C)C)O2)C(C)(C)[C@H]1O. The second kappa shape index (κ2) is 14.4. The third kappa shape index (κ3) is 6.71. The van der Waals surface area contributed by atoms with E-state index in [0.29, 0.717) is 18.6 Å². The molecular weight excluding hydrogens is 621 g/mol. The van der Waals surface area contributed by atoms with Gasteiger partial charge in [-0.25, -0.2) is 4.79 Å². The molecule has 48 heavy (non-hydrogen) atoms. The van der Waals surface area contributed by atoms with Gasteiger partial charge in [0.2, 0.25) is 0 Å². The van der Waals surface area contributed by atoms with Crippen molar-refractivity contribution in [1.29, 1.82) is 0 Å². The quantitative estimate of drug-likeness (QED) is 0.146. The Hall–Kier alpha value is -3.11. The molecule has 0 aromatic heterocycles. The number of hydrogen-bond acceptors (Lipinski definition) is 7. The lowest BCUT2D eigenvalue weighted by molar-refractivity contribution is -0.335. The van der Waals surface area contributed by atoms with Gasteiger partial charge in [0.15, 0.2) is 5.79 Å². The third-order valence-corrected chi connectivity index (χ3v) is 15.6. The number of benzene rings is 3. The van der Waals surface area contributed by atoms with Gasteiger partial charge in [0.1, 0.15) is 12.2 Å². The van der Waals surface area contributed by atoms with E-state index < -0.39 is 56.0 Å². The van der Waals surface area contributed by atoms with Crippen molar-refractivity contribution < 1.29 is 33.6 Å². The smallest absolute Gasteiger partial charge is 0.338 e. The molecule has 2 N–H and O–H groups in total. The lowest BCUT2D eigenvalue weighted by Gasteiger charge is -2.51. The average molecular weight is 673 g/mol. The monoisotopic (exact) mass is 672 g/mol. The Bertz CT molecular complexity index is 1470. The van der Waals surface area contributed by atoms with E-state index in [0.717, 1.165) is 0 Å². The summed E-state index contributed by atoms with van der Waals surface area (Å²) in [6, 6.07) is 30.0. The number of rotatable bonds is 11. The van der Waals surface area contributed by atoms with Gasteiger partial charge in [-0.3, -0.25) is 0 Å². The normalized spacial score (nSPS) is 27.8. The minimum atomic E-state index is -2.81. The summed E-state index contributed by atoms with van der Waals surface area (Å²) in [6.07, 6.45) is -1.33. The van der Waals surface area contributed by atoms with Crippen molar-refractivity contribution in [1.82, 2.24) is 0 Å². The zero-order valence-corrected chi connectivity index (χ0v) is 30.2. The molecule has 0 unspecified atom stereocenters. The molecule has 0 bridgehead atoms. The van der Waals surface area contributed by atoms with Crippen LogP contribution in [0.4, 0.5) is 0 Å². The van der Waals surface area contributed by atoms with Gasteiger partial charge in [-0.15, -0.1) is 6.58 Å². The van der Waals surface area contributed by atoms with Gasteiger partial charge in [-0.1, -0.05) is 126 Å². The topological polar surface area (TPSA) is 94.5 Å². The molecule has 7 atom stereocenters. The fourth-order valence-corrected chi connectivity index (χ4v) is 12.2. The van der Waals surface area contributed by atoms with Gasteiger partial charge in [0, 0.05) is 24.4 Å². The summed E-state index contributed by atoms with van der Waals surface area (Å²) in [6.45, 7) is 16.7. The molecule has 258 valence electrons. The number of esters is 1. The van der Waals surface area contributed by atoms with Crippen LogP contribution in [0.15, 0.2) is 104 Å². The van der Waals surface area contributed by atoms with E-state index in [4.69, 9.17) is 18.6 Å². The van der Waals surface area contributed by atoms with Crippen LogP contribution in [0.25, 0.3) is 0 Å². The molecule has 3 aromatic rings. The highest BCUT2D eigenvalue weighted by Gasteiger charge is 2.66. The number of aliphatic hydroxyl groups excluding tert-OH is 2. The minimum absolute atomic E-state index is 0.196. The van der Waals surface area contributed by atoms with Crippen molar-refractivity contribution in [2.24, 2.45) is 11.3 Å². The summed E-state index contributed by atoms with van der Waals surface area (Å²) in [5, 5.41) is 24.7. The molecule has 7 nitrogen and oxygen atoms in total. The Balaban J connectivity index is 1.48. The molecule has 3 aromatic carbocycles. The van der Waals surface area contributed by atoms with E-state index in [2.05, 4.69) is 75.9 Å². The van der Waals surface area contributed by atoms with Crippen LogP contribution in [0.1, 0.15) is 71.2 Å². The Kier molecular flexibility index (Phi) is 10.8. The molecule has 8 heteroatoms. The fraction of sp³-hybridized carbons (Fsp3) is 0.475. The van der Waals surface area contributed by atoms with Crippen LogP contribution in [-0.2, 0) is 18.6 Å². The van der Waals surface area contributed by atoms with Gasteiger partial charge in [-0.2, -0.15) is 0 Å². The number of aliphatic hydroxyl groups is 2. The fourth-order valence-electron chi connectivity index (χ4n) is 7.59. The van der Waals surface area contributed by atoms with E-state index >= 15 is 0 Å². The Morgan fingerprint density at radius 1 is 0.979 bits per heavy atom. The third-order valence-electron chi connectivity index (χ3n) is 10.5. The van der Waals surface area contributed by atoms with Crippen LogP contribution in [0.2, 0.25) is 5.04 Å². The molecule has 0 saturated carbocycles. The predicted molar refractivity (Wildman–Crippen MR) is 191 cm³/mol. The van der Waals surface area contributed by atoms with E-state index in [-0.39, 0.29) is 23.8 Å². The Morgan fingerprint density at radius 3 is 2.04 bits per heavy atom. The maximum Gasteiger partial charge on any atom is 0.338 e. The lowest BCUT2D eigenvalue weighted by atomic mass is 9.72. The molecule has 0 amide bonds. The maximum atomic E-state index is 13.4. The molecule has 2 fully saturated rings. The number of carbonyl (C=O) groups is 1. The zero-order chi connectivity index (χ0) is 34.7. The first-order valence-electron chi connectivity index (χ1n) is 17.1. The molecule has 2 aliphatic heterocycles. The molecule has 2 saturated heterocycles. The van der Waals surface area contributed by atoms with Crippen LogP contribution in [-0.4, -0.2) is 67.4 Å². The van der Waals surface area contributed by atoms with E-state index in [1.807, 2.05) is 51.1 Å². The Labute approximate surface area is 287 Å². The predicted octanol–water partition coefficient (Wildman–Crippen LogP) is 6.02. The van der Waals surface area contributed by atoms with E-state index in [1.54, 1.807) is 18.2 Å². The highest BCUT2D eigenvalue weighted by Crippen LogP contribution is 2.55. The van der Waals surface area contributed by atoms with Gasteiger partial charge in [0.25, 0.3) is 8.32 Å². The second-order valence-corrected chi connectivity index (χ2v) is 19.2. The summed E-state index contributed by atoms with van der Waals surface area (Å²) in [4.78, 5) is 13.4. The molecule has 0 radical (unpaired) electrons. The van der Waals surface area contributed by atoms with Crippen LogP contribution in [0.5, 0.6) is 0 Å². The van der Waals surface area contributed by atoms with Gasteiger partial charge in [-0.05, 0) is 40.4 Å². The lowest BCUT2D eigenvalue weighted by Crippen LogP contribution is -2.66.